The molecule has 6 heteroatoms. The van der Waals surface area contributed by atoms with Crippen molar-refractivity contribution in [2.24, 2.45) is 5.73 Å². The number of anilines is 2. The molecular formula is C13H18FN3O2. The van der Waals surface area contributed by atoms with Crippen LogP contribution in [0.3, 0.4) is 0 Å². The quantitative estimate of drug-likeness (QED) is 0.625. The number of carboxylic acids is 1. The van der Waals surface area contributed by atoms with Gasteiger partial charge in [0.15, 0.2) is 0 Å². The number of halogens is 1. The Morgan fingerprint density at radius 2 is 2.05 bits per heavy atom. The Labute approximate surface area is 110 Å². The number of nitrogens with one attached hydrogen (secondary N) is 1. The third-order valence-corrected chi connectivity index (χ3v) is 3.57. The van der Waals surface area contributed by atoms with Crippen LogP contribution in [0.4, 0.5) is 15.8 Å². The molecule has 1 fully saturated rings. The molecule has 1 saturated carbocycles. The zero-order valence-corrected chi connectivity index (χ0v) is 10.5. The lowest BCUT2D eigenvalue weighted by Gasteiger charge is -2.30. The van der Waals surface area contributed by atoms with Gasteiger partial charge in [0, 0.05) is 12.1 Å². The van der Waals surface area contributed by atoms with Crippen molar-refractivity contribution in [2.75, 3.05) is 11.1 Å². The lowest BCUT2D eigenvalue weighted by Crippen LogP contribution is -2.42. The van der Waals surface area contributed by atoms with E-state index in [0.29, 0.717) is 5.69 Å². The summed E-state index contributed by atoms with van der Waals surface area (Å²) in [7, 11) is 0. The predicted molar refractivity (Wildman–Crippen MR) is 71.6 cm³/mol. The van der Waals surface area contributed by atoms with Gasteiger partial charge in [0.05, 0.1) is 11.4 Å². The fraction of sp³-hybridized carbons (Fsp3) is 0.462. The normalized spacial score (nSPS) is 23.1. The molecule has 1 aliphatic rings. The molecule has 2 unspecified atom stereocenters. The summed E-state index contributed by atoms with van der Waals surface area (Å²) in [5.41, 5.74) is 11.3. The van der Waals surface area contributed by atoms with Crippen molar-refractivity contribution in [3.63, 3.8) is 0 Å². The fourth-order valence-electron chi connectivity index (χ4n) is 2.48. The van der Waals surface area contributed by atoms with Crippen molar-refractivity contribution in [3.8, 4) is 0 Å². The number of aromatic carboxylic acids is 1. The molecule has 1 aliphatic carbocycles. The van der Waals surface area contributed by atoms with E-state index in [0.717, 1.165) is 25.7 Å². The number of hydrogen-bond donors (Lipinski definition) is 4. The summed E-state index contributed by atoms with van der Waals surface area (Å²) in [6.07, 6.45) is 3.90. The number of carboxylic acid groups (broad SMARTS) is 1. The van der Waals surface area contributed by atoms with Crippen molar-refractivity contribution >= 4 is 17.3 Å². The average Bonchev–Trinajstić information content (AvgIpc) is 2.36. The van der Waals surface area contributed by atoms with Gasteiger partial charge in [-0.1, -0.05) is 12.8 Å². The van der Waals surface area contributed by atoms with Gasteiger partial charge in [-0.15, -0.1) is 0 Å². The first kappa shape index (κ1) is 13.6. The third kappa shape index (κ3) is 2.78. The molecule has 1 aromatic carbocycles. The molecular weight excluding hydrogens is 249 g/mol. The molecule has 2 rings (SSSR count). The lowest BCUT2D eigenvalue weighted by atomic mass is 9.90. The van der Waals surface area contributed by atoms with E-state index >= 15 is 0 Å². The zero-order valence-electron chi connectivity index (χ0n) is 10.5. The van der Waals surface area contributed by atoms with E-state index in [4.69, 9.17) is 16.6 Å². The number of rotatable bonds is 3. The van der Waals surface area contributed by atoms with Crippen LogP contribution in [0.5, 0.6) is 0 Å². The second-order valence-corrected chi connectivity index (χ2v) is 4.89. The zero-order chi connectivity index (χ0) is 14.0. The molecule has 19 heavy (non-hydrogen) atoms. The minimum absolute atomic E-state index is 0.00305. The van der Waals surface area contributed by atoms with Gasteiger partial charge < -0.3 is 21.9 Å². The van der Waals surface area contributed by atoms with Gasteiger partial charge in [-0.2, -0.15) is 0 Å². The van der Waals surface area contributed by atoms with E-state index in [9.17, 15) is 9.18 Å². The third-order valence-electron chi connectivity index (χ3n) is 3.57. The highest BCUT2D eigenvalue weighted by Gasteiger charge is 2.24. The van der Waals surface area contributed by atoms with E-state index in [2.05, 4.69) is 5.32 Å². The maximum absolute atomic E-state index is 13.3. The van der Waals surface area contributed by atoms with Crippen LogP contribution in [0, 0.1) is 5.82 Å². The van der Waals surface area contributed by atoms with Crippen LogP contribution in [0.1, 0.15) is 36.0 Å². The van der Waals surface area contributed by atoms with Crippen LogP contribution in [0.25, 0.3) is 0 Å². The topological polar surface area (TPSA) is 101 Å². The summed E-state index contributed by atoms with van der Waals surface area (Å²) < 4.78 is 13.3. The minimum atomic E-state index is -1.25. The maximum Gasteiger partial charge on any atom is 0.340 e. The fourth-order valence-corrected chi connectivity index (χ4v) is 2.48. The highest BCUT2D eigenvalue weighted by molar-refractivity contribution is 6.00. The molecule has 0 amide bonds. The Bertz CT molecular complexity index is 493. The molecule has 1 aromatic rings. The van der Waals surface area contributed by atoms with Crippen LogP contribution >= 0.6 is 0 Å². The van der Waals surface area contributed by atoms with Gasteiger partial charge in [0.2, 0.25) is 0 Å². The standard InChI is InChI=1S/C13H18FN3O2/c14-7-5-6-10(11(12(7)16)13(18)19)17-9-4-2-1-3-8(9)15/h5-6,8-9,17H,1-4,15-16H2,(H,18,19). The molecule has 0 aromatic heterocycles. The monoisotopic (exact) mass is 267 g/mol. The van der Waals surface area contributed by atoms with E-state index in [1.807, 2.05) is 0 Å². The number of carbonyl (C=O) groups is 1. The Morgan fingerprint density at radius 1 is 1.37 bits per heavy atom. The number of nitrogen functional groups attached to an aromatic ring is 1. The van der Waals surface area contributed by atoms with Crippen LogP contribution in [-0.2, 0) is 0 Å². The SMILES string of the molecule is Nc1c(F)ccc(NC2CCCCC2N)c1C(=O)O. The van der Waals surface area contributed by atoms with Gasteiger partial charge in [-0.3, -0.25) is 0 Å². The van der Waals surface area contributed by atoms with Crippen molar-refractivity contribution in [1.82, 2.24) is 0 Å². The van der Waals surface area contributed by atoms with Gasteiger partial charge in [-0.05, 0) is 25.0 Å². The van der Waals surface area contributed by atoms with Crippen LogP contribution < -0.4 is 16.8 Å². The highest BCUT2D eigenvalue weighted by Crippen LogP contribution is 2.28. The number of benzene rings is 1. The summed E-state index contributed by atoms with van der Waals surface area (Å²) in [4.78, 5) is 11.2. The van der Waals surface area contributed by atoms with E-state index in [1.54, 1.807) is 0 Å². The van der Waals surface area contributed by atoms with Gasteiger partial charge in [-0.25, -0.2) is 9.18 Å². The van der Waals surface area contributed by atoms with Crippen LogP contribution in [-0.4, -0.2) is 23.2 Å². The van der Waals surface area contributed by atoms with Gasteiger partial charge >= 0.3 is 5.97 Å². The Hall–Kier alpha value is -1.82. The molecule has 104 valence electrons. The molecule has 0 radical (unpaired) electrons. The van der Waals surface area contributed by atoms with Crippen LogP contribution in [0.15, 0.2) is 12.1 Å². The second kappa shape index (κ2) is 5.44. The molecule has 0 saturated heterocycles. The maximum atomic E-state index is 13.3. The highest BCUT2D eigenvalue weighted by atomic mass is 19.1. The average molecular weight is 267 g/mol. The first-order valence-electron chi connectivity index (χ1n) is 6.34. The number of nitrogens with two attached hydrogens (primary N) is 2. The first-order valence-corrected chi connectivity index (χ1v) is 6.34. The Morgan fingerprint density at radius 3 is 2.68 bits per heavy atom. The summed E-state index contributed by atoms with van der Waals surface area (Å²) in [6.45, 7) is 0. The van der Waals surface area contributed by atoms with Crippen molar-refractivity contribution in [1.29, 1.82) is 0 Å². The number of hydrogen-bond acceptors (Lipinski definition) is 4. The minimum Gasteiger partial charge on any atom is -0.478 e. The molecule has 0 aliphatic heterocycles. The first-order chi connectivity index (χ1) is 9.00. The smallest absolute Gasteiger partial charge is 0.340 e. The summed E-state index contributed by atoms with van der Waals surface area (Å²) in [5.74, 6) is -1.97. The lowest BCUT2D eigenvalue weighted by molar-refractivity contribution is 0.0698. The van der Waals surface area contributed by atoms with E-state index in [1.165, 1.54) is 12.1 Å². The predicted octanol–water partition coefficient (Wildman–Crippen LogP) is 1.79. The van der Waals surface area contributed by atoms with Crippen molar-refractivity contribution in [3.05, 3.63) is 23.5 Å². The van der Waals surface area contributed by atoms with E-state index < -0.39 is 11.8 Å². The molecule has 0 spiro atoms. The van der Waals surface area contributed by atoms with Crippen molar-refractivity contribution in [2.45, 2.75) is 37.8 Å². The van der Waals surface area contributed by atoms with Gasteiger partial charge in [0.25, 0.3) is 0 Å². The molecule has 0 heterocycles. The molecule has 6 N–H and O–H groups in total. The summed E-state index contributed by atoms with van der Waals surface area (Å²) in [5, 5.41) is 12.2. The Kier molecular flexibility index (Phi) is 3.90. The van der Waals surface area contributed by atoms with Crippen molar-refractivity contribution < 1.29 is 14.3 Å². The molecule has 2 atom stereocenters. The Balaban J connectivity index is 2.29. The van der Waals surface area contributed by atoms with Gasteiger partial charge in [0.1, 0.15) is 11.4 Å². The molecule has 0 bridgehead atoms. The summed E-state index contributed by atoms with van der Waals surface area (Å²) in [6, 6.07) is 2.54. The molecule has 5 nitrogen and oxygen atoms in total. The second-order valence-electron chi connectivity index (χ2n) is 4.89. The summed E-state index contributed by atoms with van der Waals surface area (Å²) >= 11 is 0. The van der Waals surface area contributed by atoms with Crippen LogP contribution in [0.2, 0.25) is 0 Å². The van der Waals surface area contributed by atoms with E-state index in [-0.39, 0.29) is 23.3 Å². The largest absolute Gasteiger partial charge is 0.478 e.